The lowest BCUT2D eigenvalue weighted by atomic mass is 10.2. The molecule has 2 aromatic carbocycles. The van der Waals surface area contributed by atoms with Crippen LogP contribution in [0.5, 0.6) is 11.5 Å². The second kappa shape index (κ2) is 5.73. The van der Waals surface area contributed by atoms with Crippen LogP contribution in [0.15, 0.2) is 53.0 Å². The van der Waals surface area contributed by atoms with E-state index in [1.165, 1.54) is 0 Å². The molecule has 0 atom stereocenters. The zero-order valence-electron chi connectivity index (χ0n) is 9.52. The van der Waals surface area contributed by atoms with E-state index in [-0.39, 0.29) is 0 Å². The highest BCUT2D eigenvalue weighted by Crippen LogP contribution is 2.18. The average Bonchev–Trinajstić information content (AvgIpc) is 2.38. The van der Waals surface area contributed by atoms with Crippen molar-refractivity contribution in [3.8, 4) is 11.5 Å². The van der Waals surface area contributed by atoms with Crippen LogP contribution in [-0.2, 0) is 6.61 Å². The number of halogens is 1. The van der Waals surface area contributed by atoms with Crippen molar-refractivity contribution in [3.05, 3.63) is 58.6 Å². The zero-order valence-corrected chi connectivity index (χ0v) is 11.1. The Balaban J connectivity index is 1.99. The van der Waals surface area contributed by atoms with Crippen molar-refractivity contribution in [2.75, 3.05) is 7.11 Å². The highest BCUT2D eigenvalue weighted by molar-refractivity contribution is 9.10. The Kier molecular flexibility index (Phi) is 4.04. The summed E-state index contributed by atoms with van der Waals surface area (Å²) in [5, 5.41) is 0. The molecule has 0 fully saturated rings. The third-order valence-electron chi connectivity index (χ3n) is 2.35. The van der Waals surface area contributed by atoms with Crippen LogP contribution in [0, 0.1) is 0 Å². The fourth-order valence-corrected chi connectivity index (χ4v) is 1.72. The SMILES string of the molecule is COc1cccc(COc2ccc(Br)cc2)c1. The maximum Gasteiger partial charge on any atom is 0.119 e. The third-order valence-corrected chi connectivity index (χ3v) is 2.88. The Hall–Kier alpha value is -1.48. The summed E-state index contributed by atoms with van der Waals surface area (Å²) in [4.78, 5) is 0. The minimum absolute atomic E-state index is 0.541. The quantitative estimate of drug-likeness (QED) is 0.847. The Morgan fingerprint density at radius 1 is 1.00 bits per heavy atom. The molecular weight excluding hydrogens is 280 g/mol. The first-order chi connectivity index (χ1) is 8.28. The van der Waals surface area contributed by atoms with Gasteiger partial charge in [0.25, 0.3) is 0 Å². The van der Waals surface area contributed by atoms with Gasteiger partial charge in [0.05, 0.1) is 7.11 Å². The molecule has 0 unspecified atom stereocenters. The van der Waals surface area contributed by atoms with Gasteiger partial charge < -0.3 is 9.47 Å². The van der Waals surface area contributed by atoms with E-state index in [0.717, 1.165) is 21.5 Å². The monoisotopic (exact) mass is 292 g/mol. The molecule has 0 saturated heterocycles. The van der Waals surface area contributed by atoms with Gasteiger partial charge in [-0.15, -0.1) is 0 Å². The smallest absolute Gasteiger partial charge is 0.119 e. The van der Waals surface area contributed by atoms with Gasteiger partial charge in [-0.2, -0.15) is 0 Å². The van der Waals surface area contributed by atoms with Crippen LogP contribution < -0.4 is 9.47 Å². The number of benzene rings is 2. The summed E-state index contributed by atoms with van der Waals surface area (Å²) in [6.07, 6.45) is 0. The molecule has 0 N–H and O–H groups in total. The van der Waals surface area contributed by atoms with Crippen LogP contribution in [0.2, 0.25) is 0 Å². The fourth-order valence-electron chi connectivity index (χ4n) is 1.46. The van der Waals surface area contributed by atoms with Crippen LogP contribution in [-0.4, -0.2) is 7.11 Å². The van der Waals surface area contributed by atoms with E-state index in [0.29, 0.717) is 6.61 Å². The van der Waals surface area contributed by atoms with Crippen LogP contribution in [0.25, 0.3) is 0 Å². The van der Waals surface area contributed by atoms with E-state index < -0.39 is 0 Å². The Labute approximate surface area is 109 Å². The van der Waals surface area contributed by atoms with Gasteiger partial charge in [0.1, 0.15) is 18.1 Å². The largest absolute Gasteiger partial charge is 0.497 e. The van der Waals surface area contributed by atoms with Crippen molar-refractivity contribution in [1.29, 1.82) is 0 Å². The maximum atomic E-state index is 5.67. The molecule has 0 aliphatic rings. The number of hydrogen-bond donors (Lipinski definition) is 0. The summed E-state index contributed by atoms with van der Waals surface area (Å²) in [5.74, 6) is 1.71. The summed E-state index contributed by atoms with van der Waals surface area (Å²) in [6, 6.07) is 15.7. The molecule has 0 amide bonds. The normalized spacial score (nSPS) is 10.0. The van der Waals surface area contributed by atoms with Gasteiger partial charge in [-0.05, 0) is 42.0 Å². The molecule has 2 nitrogen and oxygen atoms in total. The van der Waals surface area contributed by atoms with Gasteiger partial charge >= 0.3 is 0 Å². The standard InChI is InChI=1S/C14H13BrO2/c1-16-14-4-2-3-11(9-14)10-17-13-7-5-12(15)6-8-13/h2-9H,10H2,1H3. The fraction of sp³-hybridized carbons (Fsp3) is 0.143. The molecule has 0 radical (unpaired) electrons. The van der Waals surface area contributed by atoms with E-state index in [9.17, 15) is 0 Å². The highest BCUT2D eigenvalue weighted by atomic mass is 79.9. The number of hydrogen-bond acceptors (Lipinski definition) is 2. The van der Waals surface area contributed by atoms with Crippen LogP contribution in [0.1, 0.15) is 5.56 Å². The molecule has 3 heteroatoms. The van der Waals surface area contributed by atoms with E-state index in [4.69, 9.17) is 9.47 Å². The molecule has 0 aromatic heterocycles. The van der Waals surface area contributed by atoms with Crippen LogP contribution in [0.3, 0.4) is 0 Å². The molecule has 0 aliphatic heterocycles. The molecule has 2 aromatic rings. The molecule has 17 heavy (non-hydrogen) atoms. The molecule has 0 heterocycles. The Morgan fingerprint density at radius 3 is 2.47 bits per heavy atom. The lowest BCUT2D eigenvalue weighted by Crippen LogP contribution is -1.95. The van der Waals surface area contributed by atoms with Crippen molar-refractivity contribution < 1.29 is 9.47 Å². The van der Waals surface area contributed by atoms with E-state index in [1.54, 1.807) is 7.11 Å². The number of methoxy groups -OCH3 is 1. The summed E-state index contributed by atoms with van der Waals surface area (Å²) in [6.45, 7) is 0.541. The van der Waals surface area contributed by atoms with E-state index >= 15 is 0 Å². The first kappa shape index (κ1) is 12.0. The lowest BCUT2D eigenvalue weighted by molar-refractivity contribution is 0.305. The van der Waals surface area contributed by atoms with Crippen LogP contribution >= 0.6 is 15.9 Å². The lowest BCUT2D eigenvalue weighted by Gasteiger charge is -2.07. The number of ether oxygens (including phenoxy) is 2. The second-order valence-corrected chi connectivity index (χ2v) is 4.51. The third kappa shape index (κ3) is 3.49. The molecular formula is C14H13BrO2. The van der Waals surface area contributed by atoms with Crippen molar-refractivity contribution in [2.24, 2.45) is 0 Å². The van der Waals surface area contributed by atoms with Crippen molar-refractivity contribution in [2.45, 2.75) is 6.61 Å². The van der Waals surface area contributed by atoms with Gasteiger partial charge in [0.15, 0.2) is 0 Å². The van der Waals surface area contributed by atoms with Gasteiger partial charge in [-0.3, -0.25) is 0 Å². The van der Waals surface area contributed by atoms with Gasteiger partial charge in [-0.1, -0.05) is 28.1 Å². The predicted molar refractivity (Wildman–Crippen MR) is 71.5 cm³/mol. The maximum absolute atomic E-state index is 5.67. The first-order valence-corrected chi connectivity index (χ1v) is 6.08. The minimum Gasteiger partial charge on any atom is -0.497 e. The van der Waals surface area contributed by atoms with E-state index in [2.05, 4.69) is 15.9 Å². The predicted octanol–water partition coefficient (Wildman–Crippen LogP) is 4.04. The zero-order chi connectivity index (χ0) is 12.1. The molecule has 0 aliphatic carbocycles. The minimum atomic E-state index is 0.541. The molecule has 0 saturated carbocycles. The summed E-state index contributed by atoms with van der Waals surface area (Å²) in [5.41, 5.74) is 1.09. The summed E-state index contributed by atoms with van der Waals surface area (Å²) in [7, 11) is 1.66. The molecule has 88 valence electrons. The van der Waals surface area contributed by atoms with Gasteiger partial charge in [0, 0.05) is 4.47 Å². The van der Waals surface area contributed by atoms with Gasteiger partial charge in [-0.25, -0.2) is 0 Å². The molecule has 0 spiro atoms. The Bertz CT molecular complexity index is 480. The Morgan fingerprint density at radius 2 is 1.76 bits per heavy atom. The number of rotatable bonds is 4. The van der Waals surface area contributed by atoms with Crippen molar-refractivity contribution in [3.63, 3.8) is 0 Å². The van der Waals surface area contributed by atoms with E-state index in [1.807, 2.05) is 48.5 Å². The summed E-state index contributed by atoms with van der Waals surface area (Å²) >= 11 is 3.39. The first-order valence-electron chi connectivity index (χ1n) is 5.29. The second-order valence-electron chi connectivity index (χ2n) is 3.59. The van der Waals surface area contributed by atoms with Gasteiger partial charge in [0.2, 0.25) is 0 Å². The van der Waals surface area contributed by atoms with Crippen LogP contribution in [0.4, 0.5) is 0 Å². The highest BCUT2D eigenvalue weighted by Gasteiger charge is 1.98. The molecule has 2 rings (SSSR count). The van der Waals surface area contributed by atoms with Crippen molar-refractivity contribution >= 4 is 15.9 Å². The van der Waals surface area contributed by atoms with Crippen molar-refractivity contribution in [1.82, 2.24) is 0 Å². The topological polar surface area (TPSA) is 18.5 Å². The average molecular weight is 293 g/mol. The molecule has 0 bridgehead atoms. The summed E-state index contributed by atoms with van der Waals surface area (Å²) < 4.78 is 11.9.